The van der Waals surface area contributed by atoms with Gasteiger partial charge in [-0.1, -0.05) is 6.07 Å². The largest absolute Gasteiger partial charge is 0.357 e. The zero-order valence-electron chi connectivity index (χ0n) is 14.1. The van der Waals surface area contributed by atoms with Crippen molar-refractivity contribution >= 4 is 5.82 Å². The number of nitriles is 1. The van der Waals surface area contributed by atoms with E-state index in [1.165, 1.54) is 19.3 Å². The fourth-order valence-corrected chi connectivity index (χ4v) is 3.72. The molecule has 2 aromatic heterocycles. The topological polar surface area (TPSA) is 71.8 Å². The number of aromatic nitrogens is 3. The Morgan fingerprint density at radius 2 is 2.04 bits per heavy atom. The van der Waals surface area contributed by atoms with Crippen LogP contribution in [-0.2, 0) is 0 Å². The molecule has 4 heterocycles. The molecule has 0 radical (unpaired) electrons. The van der Waals surface area contributed by atoms with Gasteiger partial charge in [-0.2, -0.15) is 10.4 Å². The Bertz CT molecular complexity index is 789. The average molecular weight is 340 g/mol. The number of piperidine rings is 1. The zero-order chi connectivity index (χ0) is 17.2. The summed E-state index contributed by atoms with van der Waals surface area (Å²) in [5.41, 5.74) is 1.31. The van der Waals surface area contributed by atoms with E-state index in [9.17, 15) is 4.39 Å². The minimum absolute atomic E-state index is 0.0221. The van der Waals surface area contributed by atoms with Crippen LogP contribution in [0.15, 0.2) is 18.2 Å². The fourth-order valence-electron chi connectivity index (χ4n) is 3.72. The molecule has 2 aliphatic heterocycles. The number of aromatic amines is 1. The molecule has 2 aromatic rings. The highest BCUT2D eigenvalue weighted by Gasteiger charge is 2.29. The van der Waals surface area contributed by atoms with Crippen molar-refractivity contribution in [3.63, 3.8) is 0 Å². The van der Waals surface area contributed by atoms with Crippen molar-refractivity contribution in [2.75, 3.05) is 31.1 Å². The highest BCUT2D eigenvalue weighted by Crippen LogP contribution is 2.31. The van der Waals surface area contributed by atoms with Crippen LogP contribution in [0.5, 0.6) is 0 Å². The molecule has 1 atom stereocenters. The van der Waals surface area contributed by atoms with Crippen LogP contribution in [0.25, 0.3) is 11.4 Å². The summed E-state index contributed by atoms with van der Waals surface area (Å²) in [5.74, 6) is 0.525. The summed E-state index contributed by atoms with van der Waals surface area (Å²) in [6.45, 7) is 3.20. The molecule has 0 amide bonds. The molecule has 130 valence electrons. The lowest BCUT2D eigenvalue weighted by Crippen LogP contribution is -2.30. The van der Waals surface area contributed by atoms with Gasteiger partial charge in [-0.3, -0.25) is 5.10 Å². The normalized spacial score (nSPS) is 20.7. The summed E-state index contributed by atoms with van der Waals surface area (Å²) in [4.78, 5) is 8.54. The van der Waals surface area contributed by atoms with Crippen LogP contribution in [0.2, 0.25) is 0 Å². The van der Waals surface area contributed by atoms with Crippen molar-refractivity contribution < 1.29 is 4.39 Å². The summed E-state index contributed by atoms with van der Waals surface area (Å²) in [5, 5.41) is 16.0. The molecule has 4 rings (SSSR count). The van der Waals surface area contributed by atoms with E-state index in [0.29, 0.717) is 24.5 Å². The standard InChI is InChI=1S/C18H21FN6/c19-16-17(13-7-10-24(11-13)12-20)22-23-18(16)14-5-4-6-15(21-14)25-8-2-1-3-9-25/h4-6,13H,1-3,7-11H2,(H,22,23). The van der Waals surface area contributed by atoms with Crippen LogP contribution >= 0.6 is 0 Å². The predicted octanol–water partition coefficient (Wildman–Crippen LogP) is 2.87. The fraction of sp³-hybridized carbons (Fsp3) is 0.500. The van der Waals surface area contributed by atoms with Crippen LogP contribution in [0.3, 0.4) is 0 Å². The minimum Gasteiger partial charge on any atom is -0.357 e. The summed E-state index contributed by atoms with van der Waals surface area (Å²) in [7, 11) is 0. The van der Waals surface area contributed by atoms with Gasteiger partial charge in [0.1, 0.15) is 11.5 Å². The van der Waals surface area contributed by atoms with Crippen molar-refractivity contribution in [1.29, 1.82) is 5.26 Å². The van der Waals surface area contributed by atoms with E-state index in [1.54, 1.807) is 11.0 Å². The average Bonchev–Trinajstić information content (AvgIpc) is 3.29. The molecule has 2 fully saturated rings. The van der Waals surface area contributed by atoms with Crippen LogP contribution in [0, 0.1) is 17.3 Å². The number of hydrogen-bond acceptors (Lipinski definition) is 5. The van der Waals surface area contributed by atoms with Crippen molar-refractivity contribution in [3.05, 3.63) is 29.7 Å². The minimum atomic E-state index is -0.340. The van der Waals surface area contributed by atoms with E-state index < -0.39 is 0 Å². The first-order chi connectivity index (χ1) is 12.3. The van der Waals surface area contributed by atoms with Gasteiger partial charge in [0.25, 0.3) is 0 Å². The molecule has 2 aliphatic rings. The van der Waals surface area contributed by atoms with Gasteiger partial charge in [0.15, 0.2) is 12.0 Å². The molecule has 1 unspecified atom stereocenters. The smallest absolute Gasteiger partial charge is 0.179 e. The molecule has 25 heavy (non-hydrogen) atoms. The third kappa shape index (κ3) is 3.04. The van der Waals surface area contributed by atoms with E-state index in [0.717, 1.165) is 25.3 Å². The third-order valence-corrected chi connectivity index (χ3v) is 5.13. The summed E-state index contributed by atoms with van der Waals surface area (Å²) >= 11 is 0. The van der Waals surface area contributed by atoms with Crippen molar-refractivity contribution in [2.24, 2.45) is 0 Å². The van der Waals surface area contributed by atoms with Crippen LogP contribution < -0.4 is 4.90 Å². The number of anilines is 1. The Hall–Kier alpha value is -2.62. The van der Waals surface area contributed by atoms with Crippen molar-refractivity contribution in [2.45, 2.75) is 31.6 Å². The molecule has 2 saturated heterocycles. The lowest BCUT2D eigenvalue weighted by atomic mass is 10.0. The second kappa shape index (κ2) is 6.71. The number of rotatable bonds is 3. The number of pyridine rings is 1. The zero-order valence-corrected chi connectivity index (χ0v) is 14.1. The molecular weight excluding hydrogens is 319 g/mol. The first kappa shape index (κ1) is 15.9. The third-order valence-electron chi connectivity index (χ3n) is 5.13. The predicted molar refractivity (Wildman–Crippen MR) is 92.4 cm³/mol. The van der Waals surface area contributed by atoms with E-state index >= 15 is 0 Å². The number of halogens is 1. The van der Waals surface area contributed by atoms with Gasteiger partial charge in [0.2, 0.25) is 0 Å². The van der Waals surface area contributed by atoms with E-state index in [1.807, 2.05) is 12.1 Å². The van der Waals surface area contributed by atoms with Crippen LogP contribution in [0.4, 0.5) is 10.2 Å². The highest BCUT2D eigenvalue weighted by molar-refractivity contribution is 5.59. The molecular formula is C18H21FN6. The Balaban J connectivity index is 1.59. The maximum atomic E-state index is 14.9. The molecule has 6 nitrogen and oxygen atoms in total. The molecule has 1 N–H and O–H groups in total. The SMILES string of the molecule is N#CN1CCC(c2[nH]nc(-c3cccc(N4CCCCC4)n3)c2F)C1. The lowest BCUT2D eigenvalue weighted by molar-refractivity contribution is 0.474. The molecule has 0 bridgehead atoms. The Morgan fingerprint density at radius 1 is 1.20 bits per heavy atom. The molecule has 0 aromatic carbocycles. The number of H-pyrrole nitrogens is 1. The van der Waals surface area contributed by atoms with Crippen molar-refractivity contribution in [1.82, 2.24) is 20.1 Å². The summed E-state index contributed by atoms with van der Waals surface area (Å²) < 4.78 is 14.9. The van der Waals surface area contributed by atoms with E-state index in [2.05, 4.69) is 26.3 Å². The summed E-state index contributed by atoms with van der Waals surface area (Å²) in [6, 6.07) is 5.68. The van der Waals surface area contributed by atoms with Gasteiger partial charge in [0, 0.05) is 32.1 Å². The highest BCUT2D eigenvalue weighted by atomic mass is 19.1. The van der Waals surface area contributed by atoms with Crippen molar-refractivity contribution in [3.8, 4) is 17.6 Å². The van der Waals surface area contributed by atoms with Gasteiger partial charge in [0.05, 0.1) is 11.4 Å². The van der Waals surface area contributed by atoms with Gasteiger partial charge < -0.3 is 9.80 Å². The van der Waals surface area contributed by atoms with Gasteiger partial charge >= 0.3 is 0 Å². The molecule has 0 aliphatic carbocycles. The van der Waals surface area contributed by atoms with E-state index in [-0.39, 0.29) is 17.4 Å². The van der Waals surface area contributed by atoms with Crippen LogP contribution in [0.1, 0.15) is 37.3 Å². The van der Waals surface area contributed by atoms with Crippen LogP contribution in [-0.4, -0.2) is 46.3 Å². The van der Waals surface area contributed by atoms with Gasteiger partial charge in [-0.25, -0.2) is 9.37 Å². The maximum absolute atomic E-state index is 14.9. The first-order valence-electron chi connectivity index (χ1n) is 8.87. The maximum Gasteiger partial charge on any atom is 0.179 e. The summed E-state index contributed by atoms with van der Waals surface area (Å²) in [6.07, 6.45) is 6.48. The molecule has 0 spiro atoms. The molecule has 0 saturated carbocycles. The Kier molecular flexibility index (Phi) is 4.26. The number of likely N-dealkylation sites (tertiary alicyclic amines) is 1. The second-order valence-corrected chi connectivity index (χ2v) is 6.76. The molecule has 7 heteroatoms. The monoisotopic (exact) mass is 340 g/mol. The quantitative estimate of drug-likeness (QED) is 0.870. The number of hydrogen-bond donors (Lipinski definition) is 1. The first-order valence-corrected chi connectivity index (χ1v) is 8.87. The Morgan fingerprint density at radius 3 is 2.80 bits per heavy atom. The number of nitrogens with one attached hydrogen (secondary N) is 1. The lowest BCUT2D eigenvalue weighted by Gasteiger charge is -2.27. The van der Waals surface area contributed by atoms with E-state index in [4.69, 9.17) is 5.26 Å². The van der Waals surface area contributed by atoms with Gasteiger partial charge in [-0.05, 0) is 37.8 Å². The number of nitrogens with zero attached hydrogens (tertiary/aromatic N) is 5. The van der Waals surface area contributed by atoms with Gasteiger partial charge in [-0.15, -0.1) is 0 Å². The second-order valence-electron chi connectivity index (χ2n) is 6.76. The Labute approximate surface area is 146 Å².